The predicted molar refractivity (Wildman–Crippen MR) is 55.1 cm³/mol. The van der Waals surface area contributed by atoms with Gasteiger partial charge in [0.1, 0.15) is 22.5 Å². The summed E-state index contributed by atoms with van der Waals surface area (Å²) >= 11 is 16.8. The molecule has 8 heteroatoms. The lowest BCUT2D eigenvalue weighted by Crippen LogP contribution is -2.23. The van der Waals surface area contributed by atoms with E-state index in [1.165, 1.54) is 0 Å². The quantitative estimate of drug-likeness (QED) is 0.561. The smallest absolute Gasteiger partial charge is 0.225 e. The number of aliphatic hydroxyl groups excluding tert-OH is 3. The van der Waals surface area contributed by atoms with Gasteiger partial charge < -0.3 is 15.3 Å². The van der Waals surface area contributed by atoms with E-state index in [2.05, 4.69) is 9.97 Å². The van der Waals surface area contributed by atoms with E-state index in [1.807, 2.05) is 0 Å². The van der Waals surface area contributed by atoms with Gasteiger partial charge in [0.2, 0.25) is 5.28 Å². The van der Waals surface area contributed by atoms with Gasteiger partial charge in [0.15, 0.2) is 0 Å². The molecule has 1 aromatic rings. The van der Waals surface area contributed by atoms with E-state index in [0.717, 1.165) is 0 Å². The number of nitrogens with zero attached hydrogens (tertiary/aromatic N) is 2. The molecule has 84 valence electrons. The molecule has 0 aromatic carbocycles. The molecule has 2 unspecified atom stereocenters. The summed E-state index contributed by atoms with van der Waals surface area (Å²) in [5.41, 5.74) is -0.0655. The molecule has 1 aromatic heterocycles. The summed E-state index contributed by atoms with van der Waals surface area (Å²) in [4.78, 5) is 7.11. The lowest BCUT2D eigenvalue weighted by atomic mass is 10.1. The fourth-order valence-corrected chi connectivity index (χ4v) is 1.80. The Morgan fingerprint density at radius 3 is 1.93 bits per heavy atom. The second kappa shape index (κ2) is 5.25. The Bertz CT molecular complexity index is 340. The van der Waals surface area contributed by atoms with Crippen LogP contribution in [0, 0.1) is 0 Å². The average molecular weight is 274 g/mol. The molecule has 0 aliphatic carbocycles. The molecule has 3 N–H and O–H groups in total. The maximum atomic E-state index is 9.54. The Labute approximate surface area is 100 Å². The first kappa shape index (κ1) is 12.9. The number of rotatable bonds is 3. The summed E-state index contributed by atoms with van der Waals surface area (Å²) in [6.45, 7) is -0.642. The topological polar surface area (TPSA) is 86.5 Å². The molecule has 0 aliphatic heterocycles. The predicted octanol–water partition coefficient (Wildman–Crippen LogP) is 0.823. The van der Waals surface area contributed by atoms with Gasteiger partial charge in [0, 0.05) is 0 Å². The highest BCUT2D eigenvalue weighted by atomic mass is 35.5. The summed E-state index contributed by atoms with van der Waals surface area (Å²) in [7, 11) is 0. The molecule has 1 rings (SSSR count). The Hall–Kier alpha value is -0.170. The van der Waals surface area contributed by atoms with Gasteiger partial charge in [-0.3, -0.25) is 0 Å². The van der Waals surface area contributed by atoms with E-state index in [9.17, 15) is 10.2 Å². The third-order valence-corrected chi connectivity index (χ3v) is 2.42. The van der Waals surface area contributed by atoms with Crippen molar-refractivity contribution in [2.24, 2.45) is 0 Å². The Morgan fingerprint density at radius 2 is 1.53 bits per heavy atom. The van der Waals surface area contributed by atoms with Gasteiger partial charge in [-0.15, -0.1) is 0 Å². The maximum Gasteiger partial charge on any atom is 0.225 e. The first-order valence-electron chi connectivity index (χ1n) is 3.82. The van der Waals surface area contributed by atoms with Crippen molar-refractivity contribution in [3.8, 4) is 0 Å². The summed E-state index contributed by atoms with van der Waals surface area (Å²) < 4.78 is 0. The molecular weight excluding hydrogens is 266 g/mol. The van der Waals surface area contributed by atoms with Gasteiger partial charge in [-0.25, -0.2) is 9.97 Å². The van der Waals surface area contributed by atoms with Crippen molar-refractivity contribution in [2.45, 2.75) is 12.2 Å². The molecule has 0 aliphatic rings. The summed E-state index contributed by atoms with van der Waals surface area (Å²) in [5, 5.41) is 26.9. The van der Waals surface area contributed by atoms with Gasteiger partial charge in [-0.2, -0.15) is 0 Å². The number of aromatic nitrogens is 2. The van der Waals surface area contributed by atoms with Crippen molar-refractivity contribution in [1.82, 2.24) is 9.97 Å². The van der Waals surface area contributed by atoms with Crippen LogP contribution < -0.4 is 0 Å². The van der Waals surface area contributed by atoms with Crippen LogP contribution in [0.3, 0.4) is 0 Å². The van der Waals surface area contributed by atoms with Crippen LogP contribution in [0.4, 0.5) is 0 Å². The molecule has 0 amide bonds. The summed E-state index contributed by atoms with van der Waals surface area (Å²) in [5.74, 6) is 0. The SMILES string of the molecule is OCC(O)C(O)c1c(Cl)nc(Cl)nc1Cl. The summed E-state index contributed by atoms with van der Waals surface area (Å²) in [6, 6.07) is 0. The number of halogens is 3. The van der Waals surface area contributed by atoms with Crippen LogP contribution in [-0.4, -0.2) is 38.0 Å². The molecule has 1 heterocycles. The van der Waals surface area contributed by atoms with E-state index in [-0.39, 0.29) is 21.2 Å². The fourth-order valence-electron chi connectivity index (χ4n) is 0.929. The van der Waals surface area contributed by atoms with E-state index in [0.29, 0.717) is 0 Å². The number of hydrogen-bond acceptors (Lipinski definition) is 5. The van der Waals surface area contributed by atoms with Crippen LogP contribution in [-0.2, 0) is 0 Å². The Morgan fingerprint density at radius 1 is 1.07 bits per heavy atom. The molecule has 0 saturated carbocycles. The molecule has 0 bridgehead atoms. The molecule has 0 radical (unpaired) electrons. The van der Waals surface area contributed by atoms with Crippen LogP contribution in [0.15, 0.2) is 0 Å². The van der Waals surface area contributed by atoms with Crippen molar-refractivity contribution in [1.29, 1.82) is 0 Å². The van der Waals surface area contributed by atoms with Crippen LogP contribution in [0.5, 0.6) is 0 Å². The monoisotopic (exact) mass is 272 g/mol. The number of aliphatic hydroxyl groups is 3. The standard InChI is InChI=1S/C7H7Cl3N2O3/c8-5-3(4(15)2(14)1-13)6(9)12-7(10)11-5/h2,4,13-15H,1H2. The van der Waals surface area contributed by atoms with Gasteiger partial charge in [0.25, 0.3) is 0 Å². The van der Waals surface area contributed by atoms with Crippen molar-refractivity contribution >= 4 is 34.8 Å². The van der Waals surface area contributed by atoms with Crippen molar-refractivity contribution in [2.75, 3.05) is 6.61 Å². The Balaban J connectivity index is 3.13. The van der Waals surface area contributed by atoms with Crippen molar-refractivity contribution < 1.29 is 15.3 Å². The van der Waals surface area contributed by atoms with E-state index >= 15 is 0 Å². The van der Waals surface area contributed by atoms with Gasteiger partial charge in [-0.05, 0) is 11.6 Å². The van der Waals surface area contributed by atoms with Crippen molar-refractivity contribution in [3.05, 3.63) is 21.2 Å². The Kier molecular flexibility index (Phi) is 4.51. The number of hydrogen-bond donors (Lipinski definition) is 3. The van der Waals surface area contributed by atoms with E-state index in [4.69, 9.17) is 39.9 Å². The minimum Gasteiger partial charge on any atom is -0.394 e. The van der Waals surface area contributed by atoms with Crippen LogP contribution in [0.2, 0.25) is 15.6 Å². The molecule has 0 saturated heterocycles. The third kappa shape index (κ3) is 2.90. The normalized spacial score (nSPS) is 15.1. The summed E-state index contributed by atoms with van der Waals surface area (Å²) in [6.07, 6.45) is -2.88. The van der Waals surface area contributed by atoms with Crippen molar-refractivity contribution in [3.63, 3.8) is 0 Å². The van der Waals surface area contributed by atoms with Gasteiger partial charge in [0.05, 0.1) is 12.2 Å². The highest BCUT2D eigenvalue weighted by molar-refractivity contribution is 6.36. The minimum absolute atomic E-state index is 0.0655. The highest BCUT2D eigenvalue weighted by Gasteiger charge is 2.25. The first-order chi connectivity index (χ1) is 6.97. The van der Waals surface area contributed by atoms with E-state index in [1.54, 1.807) is 0 Å². The zero-order valence-electron chi connectivity index (χ0n) is 7.23. The average Bonchev–Trinajstić information content (AvgIpc) is 2.14. The minimum atomic E-state index is -1.47. The third-order valence-electron chi connectivity index (χ3n) is 1.67. The molecule has 5 nitrogen and oxygen atoms in total. The fraction of sp³-hybridized carbons (Fsp3) is 0.429. The van der Waals surface area contributed by atoms with Gasteiger partial charge >= 0.3 is 0 Å². The van der Waals surface area contributed by atoms with Crippen LogP contribution >= 0.6 is 34.8 Å². The molecule has 0 spiro atoms. The van der Waals surface area contributed by atoms with Crippen LogP contribution in [0.25, 0.3) is 0 Å². The zero-order valence-corrected chi connectivity index (χ0v) is 9.50. The van der Waals surface area contributed by atoms with Gasteiger partial charge in [-0.1, -0.05) is 23.2 Å². The maximum absolute atomic E-state index is 9.54. The molecule has 0 fully saturated rings. The largest absolute Gasteiger partial charge is 0.394 e. The zero-order chi connectivity index (χ0) is 11.6. The molecule has 15 heavy (non-hydrogen) atoms. The van der Waals surface area contributed by atoms with E-state index < -0.39 is 18.8 Å². The lowest BCUT2D eigenvalue weighted by molar-refractivity contribution is -0.0154. The second-order valence-corrected chi connectivity index (χ2v) is 3.74. The van der Waals surface area contributed by atoms with Crippen LogP contribution in [0.1, 0.15) is 11.7 Å². The first-order valence-corrected chi connectivity index (χ1v) is 4.96. The second-order valence-electron chi connectivity index (χ2n) is 2.68. The lowest BCUT2D eigenvalue weighted by Gasteiger charge is -2.17. The molecule has 2 atom stereocenters. The highest BCUT2D eigenvalue weighted by Crippen LogP contribution is 2.30. The molecular formula is C7H7Cl3N2O3.